The molecule has 0 amide bonds. The number of ether oxygens (including phenoxy) is 1. The highest BCUT2D eigenvalue weighted by Crippen LogP contribution is 2.63. The number of para-hydroxylation sites is 3. The largest absolute Gasteiger partial charge is 0.457 e. The van der Waals surface area contributed by atoms with Crippen molar-refractivity contribution < 1.29 is 4.74 Å². The van der Waals surface area contributed by atoms with Crippen molar-refractivity contribution in [2.24, 2.45) is 0 Å². The zero-order valence-electron chi connectivity index (χ0n) is 35.0. The molecule has 64 heavy (non-hydrogen) atoms. The van der Waals surface area contributed by atoms with Gasteiger partial charge in [0.15, 0.2) is 0 Å². The van der Waals surface area contributed by atoms with Crippen molar-refractivity contribution in [1.82, 2.24) is 0 Å². The molecular formula is C62H41NO. The molecule has 13 rings (SSSR count). The second-order valence-electron chi connectivity index (χ2n) is 17.1. The maximum atomic E-state index is 6.65. The molecular weight excluding hydrogens is 775 g/mol. The Hall–Kier alpha value is -8.20. The van der Waals surface area contributed by atoms with Gasteiger partial charge in [-0.25, -0.2) is 0 Å². The molecule has 0 radical (unpaired) electrons. The first-order valence-corrected chi connectivity index (χ1v) is 22.2. The van der Waals surface area contributed by atoms with Gasteiger partial charge in [0.05, 0.1) is 16.5 Å². The first-order chi connectivity index (χ1) is 31.8. The van der Waals surface area contributed by atoms with E-state index in [2.05, 4.69) is 254 Å². The third-order valence-corrected chi connectivity index (χ3v) is 14.0. The van der Waals surface area contributed by atoms with Crippen molar-refractivity contribution in [2.45, 2.75) is 10.8 Å². The molecule has 0 aromatic heterocycles. The van der Waals surface area contributed by atoms with Crippen LogP contribution in [0, 0.1) is 0 Å². The summed E-state index contributed by atoms with van der Waals surface area (Å²) in [7, 11) is 0. The fourth-order valence-electron chi connectivity index (χ4n) is 11.5. The van der Waals surface area contributed by atoms with E-state index < -0.39 is 10.8 Å². The highest BCUT2D eigenvalue weighted by Gasteiger charge is 2.51. The van der Waals surface area contributed by atoms with Crippen LogP contribution in [0.1, 0.15) is 44.5 Å². The molecule has 1 aliphatic heterocycles. The number of rotatable bonds is 6. The molecule has 2 aliphatic carbocycles. The van der Waals surface area contributed by atoms with Crippen LogP contribution in [-0.4, -0.2) is 0 Å². The van der Waals surface area contributed by atoms with E-state index in [1.165, 1.54) is 61.2 Å². The van der Waals surface area contributed by atoms with E-state index in [4.69, 9.17) is 4.74 Å². The maximum absolute atomic E-state index is 6.65. The van der Waals surface area contributed by atoms with Gasteiger partial charge in [0.2, 0.25) is 0 Å². The molecule has 0 saturated heterocycles. The predicted molar refractivity (Wildman–Crippen MR) is 261 cm³/mol. The van der Waals surface area contributed by atoms with Crippen molar-refractivity contribution in [2.75, 3.05) is 4.90 Å². The molecule has 3 aliphatic rings. The van der Waals surface area contributed by atoms with E-state index in [9.17, 15) is 0 Å². The standard InChI is InChI=1S/C62H41NO/c1-4-20-42(21-5-1)47-26-12-17-33-58(47)63(45-36-38-54-50(40-45)48-27-10-13-29-52(48)61(54,43-22-6-2-7-23-43)44-24-8-3-9-25-44)46-37-39-55-51(41-46)49-28-11-14-30-53(49)62(55)56-31-15-18-34-59(56)64-60-35-19-16-32-57(60)62/h1-41H. The number of fused-ring (bicyclic) bond motifs is 12. The molecule has 10 aromatic carbocycles. The van der Waals surface area contributed by atoms with E-state index in [-0.39, 0.29) is 0 Å². The van der Waals surface area contributed by atoms with Gasteiger partial charge >= 0.3 is 0 Å². The monoisotopic (exact) mass is 815 g/mol. The Morgan fingerprint density at radius 3 is 1.22 bits per heavy atom. The van der Waals surface area contributed by atoms with Crippen LogP contribution in [0.3, 0.4) is 0 Å². The van der Waals surface area contributed by atoms with E-state index in [1.54, 1.807) is 0 Å². The van der Waals surface area contributed by atoms with Crippen LogP contribution in [-0.2, 0) is 10.8 Å². The SMILES string of the molecule is c1ccc(-c2ccccc2N(c2ccc3c(c2)-c2ccccc2C3(c2ccccc2)c2ccccc2)c2ccc3c(c2)-c2ccccc2C32c3ccccc3Oc3ccccc32)cc1. The molecule has 0 unspecified atom stereocenters. The molecule has 1 heterocycles. The average molecular weight is 816 g/mol. The smallest absolute Gasteiger partial charge is 0.132 e. The Kier molecular flexibility index (Phi) is 8.07. The minimum Gasteiger partial charge on any atom is -0.457 e. The Balaban J connectivity index is 1.08. The van der Waals surface area contributed by atoms with Crippen molar-refractivity contribution in [1.29, 1.82) is 0 Å². The number of benzene rings is 10. The summed E-state index contributed by atoms with van der Waals surface area (Å²) in [5.74, 6) is 1.79. The van der Waals surface area contributed by atoms with Crippen LogP contribution >= 0.6 is 0 Å². The third-order valence-electron chi connectivity index (χ3n) is 14.0. The summed E-state index contributed by atoms with van der Waals surface area (Å²) in [5, 5.41) is 0. The Labute approximate surface area is 374 Å². The van der Waals surface area contributed by atoms with Crippen molar-refractivity contribution >= 4 is 17.1 Å². The highest BCUT2D eigenvalue weighted by molar-refractivity contribution is 5.96. The first kappa shape index (κ1) is 36.5. The lowest BCUT2D eigenvalue weighted by atomic mass is 9.66. The first-order valence-electron chi connectivity index (χ1n) is 22.2. The Bertz CT molecular complexity index is 3340. The normalized spacial score (nSPS) is 14.0. The van der Waals surface area contributed by atoms with E-state index >= 15 is 0 Å². The summed E-state index contributed by atoms with van der Waals surface area (Å²) in [6.07, 6.45) is 0. The number of hydrogen-bond acceptors (Lipinski definition) is 2. The fourth-order valence-corrected chi connectivity index (χ4v) is 11.5. The van der Waals surface area contributed by atoms with Crippen molar-refractivity contribution in [3.63, 3.8) is 0 Å². The summed E-state index contributed by atoms with van der Waals surface area (Å²) < 4.78 is 6.65. The van der Waals surface area contributed by atoms with Gasteiger partial charge in [0.1, 0.15) is 11.5 Å². The lowest BCUT2D eigenvalue weighted by Gasteiger charge is -2.39. The van der Waals surface area contributed by atoms with Gasteiger partial charge < -0.3 is 9.64 Å². The maximum Gasteiger partial charge on any atom is 0.132 e. The second-order valence-corrected chi connectivity index (χ2v) is 17.1. The third kappa shape index (κ3) is 5.02. The van der Waals surface area contributed by atoms with Crippen molar-refractivity contribution in [3.8, 4) is 44.9 Å². The van der Waals surface area contributed by atoms with Crippen molar-refractivity contribution in [3.05, 3.63) is 293 Å². The zero-order valence-corrected chi connectivity index (χ0v) is 35.0. The lowest BCUT2D eigenvalue weighted by molar-refractivity contribution is 0.436. The van der Waals surface area contributed by atoms with E-state index in [0.717, 1.165) is 45.3 Å². The second kappa shape index (κ2) is 14.2. The van der Waals surface area contributed by atoms with Crippen LogP contribution in [0.4, 0.5) is 17.1 Å². The summed E-state index contributed by atoms with van der Waals surface area (Å²) in [6, 6.07) is 91.2. The van der Waals surface area contributed by atoms with Gasteiger partial charge in [-0.1, -0.05) is 206 Å². The van der Waals surface area contributed by atoms with E-state index in [1.807, 2.05) is 0 Å². The molecule has 2 nitrogen and oxygen atoms in total. The topological polar surface area (TPSA) is 12.5 Å². The van der Waals surface area contributed by atoms with Crippen LogP contribution in [0.5, 0.6) is 11.5 Å². The molecule has 300 valence electrons. The minimum atomic E-state index is -0.543. The molecule has 0 atom stereocenters. The quantitative estimate of drug-likeness (QED) is 0.166. The van der Waals surface area contributed by atoms with Gasteiger partial charge in [-0.05, 0) is 104 Å². The molecule has 0 fully saturated rings. The lowest BCUT2D eigenvalue weighted by Crippen LogP contribution is -2.32. The average Bonchev–Trinajstić information content (AvgIpc) is 3.83. The van der Waals surface area contributed by atoms with Crippen LogP contribution < -0.4 is 9.64 Å². The van der Waals surface area contributed by atoms with E-state index in [0.29, 0.717) is 0 Å². The number of hydrogen-bond donors (Lipinski definition) is 0. The molecule has 10 aromatic rings. The Morgan fingerprint density at radius 2 is 0.672 bits per heavy atom. The summed E-state index contributed by atoms with van der Waals surface area (Å²) >= 11 is 0. The van der Waals surface area contributed by atoms with Crippen LogP contribution in [0.15, 0.2) is 249 Å². The van der Waals surface area contributed by atoms with Gasteiger partial charge in [-0.2, -0.15) is 0 Å². The number of anilines is 3. The summed E-state index contributed by atoms with van der Waals surface area (Å²) in [4.78, 5) is 2.48. The predicted octanol–water partition coefficient (Wildman–Crippen LogP) is 15.7. The minimum absolute atomic E-state index is 0.484. The Morgan fingerprint density at radius 1 is 0.281 bits per heavy atom. The zero-order chi connectivity index (χ0) is 42.2. The summed E-state index contributed by atoms with van der Waals surface area (Å²) in [5.41, 5.74) is 19.5. The molecule has 0 saturated carbocycles. The van der Waals surface area contributed by atoms with Gasteiger partial charge in [-0.3, -0.25) is 0 Å². The molecule has 1 spiro atoms. The van der Waals surface area contributed by atoms with Gasteiger partial charge in [0, 0.05) is 28.1 Å². The summed E-state index contributed by atoms with van der Waals surface area (Å²) in [6.45, 7) is 0. The fraction of sp³-hybridized carbons (Fsp3) is 0.0323. The molecule has 0 N–H and O–H groups in total. The molecule has 2 heteroatoms. The van der Waals surface area contributed by atoms with Crippen LogP contribution in [0.25, 0.3) is 33.4 Å². The highest BCUT2D eigenvalue weighted by atomic mass is 16.5. The van der Waals surface area contributed by atoms with Crippen LogP contribution in [0.2, 0.25) is 0 Å². The van der Waals surface area contributed by atoms with Gasteiger partial charge in [-0.15, -0.1) is 0 Å². The molecule has 0 bridgehead atoms. The van der Waals surface area contributed by atoms with Gasteiger partial charge in [0.25, 0.3) is 0 Å². The number of nitrogens with zero attached hydrogens (tertiary/aromatic N) is 1.